The Morgan fingerprint density at radius 1 is 0.682 bits per heavy atom. The highest BCUT2D eigenvalue weighted by molar-refractivity contribution is 5.42. The molecule has 110 valence electrons. The number of nitrogens with two attached hydrogens (primary N) is 1. The molecule has 1 heteroatoms. The zero-order valence-corrected chi connectivity index (χ0v) is 12.9. The van der Waals surface area contributed by atoms with E-state index in [-0.39, 0.29) is 0 Å². The van der Waals surface area contributed by atoms with E-state index in [1.54, 1.807) is 0 Å². The summed E-state index contributed by atoms with van der Waals surface area (Å²) in [6.45, 7) is 2.20. The third-order valence-electron chi connectivity index (χ3n) is 4.03. The summed E-state index contributed by atoms with van der Waals surface area (Å²) < 4.78 is 0. The van der Waals surface area contributed by atoms with Gasteiger partial charge in [-0.1, -0.05) is 60.7 Å². The zero-order valence-electron chi connectivity index (χ0n) is 12.9. The highest BCUT2D eigenvalue weighted by atomic mass is 14.5. The normalized spacial score (nSPS) is 10.6. The van der Waals surface area contributed by atoms with E-state index in [1.165, 1.54) is 27.8 Å². The van der Waals surface area contributed by atoms with E-state index in [9.17, 15) is 0 Å². The standard InChI is InChI=1S/C21H21N/c1-16-13-19(14-18-8-11-21(22)12-9-18)7-10-20(16)15-17-5-3-2-4-6-17/h2-13H,14-15,22H2,1H3. The summed E-state index contributed by atoms with van der Waals surface area (Å²) >= 11 is 0. The Morgan fingerprint density at radius 2 is 1.32 bits per heavy atom. The third-order valence-corrected chi connectivity index (χ3v) is 4.03. The first kappa shape index (κ1) is 14.4. The van der Waals surface area contributed by atoms with Crippen molar-refractivity contribution in [3.05, 3.63) is 101 Å². The molecule has 22 heavy (non-hydrogen) atoms. The van der Waals surface area contributed by atoms with Gasteiger partial charge in [0.1, 0.15) is 0 Å². The summed E-state index contributed by atoms with van der Waals surface area (Å²) in [5.74, 6) is 0. The van der Waals surface area contributed by atoms with Gasteiger partial charge in [-0.2, -0.15) is 0 Å². The van der Waals surface area contributed by atoms with Crippen LogP contribution in [0.25, 0.3) is 0 Å². The minimum absolute atomic E-state index is 0.818. The molecule has 3 aromatic carbocycles. The van der Waals surface area contributed by atoms with Gasteiger partial charge in [0.15, 0.2) is 0 Å². The maximum atomic E-state index is 5.74. The van der Waals surface area contributed by atoms with Gasteiger partial charge in [0.05, 0.1) is 0 Å². The number of anilines is 1. The molecule has 0 amide bonds. The monoisotopic (exact) mass is 287 g/mol. The Hall–Kier alpha value is -2.54. The van der Waals surface area contributed by atoms with Crippen LogP contribution in [0.1, 0.15) is 27.8 Å². The molecule has 0 radical (unpaired) electrons. The average Bonchev–Trinajstić information content (AvgIpc) is 2.53. The van der Waals surface area contributed by atoms with E-state index in [0.29, 0.717) is 0 Å². The minimum Gasteiger partial charge on any atom is -0.399 e. The van der Waals surface area contributed by atoms with Crippen LogP contribution in [0, 0.1) is 6.92 Å². The molecule has 2 N–H and O–H groups in total. The van der Waals surface area contributed by atoms with Gasteiger partial charge in [-0.15, -0.1) is 0 Å². The van der Waals surface area contributed by atoms with Crippen LogP contribution in [0.3, 0.4) is 0 Å². The van der Waals surface area contributed by atoms with E-state index in [4.69, 9.17) is 5.73 Å². The first-order valence-corrected chi connectivity index (χ1v) is 7.67. The Kier molecular flexibility index (Phi) is 4.24. The SMILES string of the molecule is Cc1cc(Cc2ccc(N)cc2)ccc1Cc1ccccc1. The molecule has 0 aliphatic heterocycles. The lowest BCUT2D eigenvalue weighted by Crippen LogP contribution is -1.95. The van der Waals surface area contributed by atoms with Crippen molar-refractivity contribution >= 4 is 5.69 Å². The van der Waals surface area contributed by atoms with Gasteiger partial charge in [-0.05, 0) is 59.7 Å². The van der Waals surface area contributed by atoms with Gasteiger partial charge in [0.25, 0.3) is 0 Å². The van der Waals surface area contributed by atoms with Crippen molar-refractivity contribution in [2.45, 2.75) is 19.8 Å². The molecule has 0 saturated heterocycles. The molecule has 3 rings (SSSR count). The molecule has 0 aliphatic carbocycles. The Labute approximate surface area is 132 Å². The van der Waals surface area contributed by atoms with Crippen molar-refractivity contribution in [1.82, 2.24) is 0 Å². The Bertz CT molecular complexity index is 743. The largest absolute Gasteiger partial charge is 0.399 e. The Morgan fingerprint density at radius 3 is 2.00 bits per heavy atom. The van der Waals surface area contributed by atoms with Gasteiger partial charge in [-0.3, -0.25) is 0 Å². The average molecular weight is 287 g/mol. The molecular formula is C21H21N. The maximum absolute atomic E-state index is 5.74. The van der Waals surface area contributed by atoms with E-state index >= 15 is 0 Å². The van der Waals surface area contributed by atoms with Crippen LogP contribution in [-0.2, 0) is 12.8 Å². The molecule has 0 heterocycles. The summed E-state index contributed by atoms with van der Waals surface area (Å²) in [5, 5.41) is 0. The van der Waals surface area contributed by atoms with Crippen LogP contribution in [0.15, 0.2) is 72.8 Å². The van der Waals surface area contributed by atoms with Crippen molar-refractivity contribution < 1.29 is 0 Å². The fourth-order valence-electron chi connectivity index (χ4n) is 2.75. The molecular weight excluding hydrogens is 266 g/mol. The van der Waals surface area contributed by atoms with Crippen LogP contribution < -0.4 is 5.73 Å². The van der Waals surface area contributed by atoms with Gasteiger partial charge < -0.3 is 5.73 Å². The van der Waals surface area contributed by atoms with E-state index in [1.807, 2.05) is 12.1 Å². The van der Waals surface area contributed by atoms with Crippen molar-refractivity contribution in [2.24, 2.45) is 0 Å². The van der Waals surface area contributed by atoms with Crippen LogP contribution >= 0.6 is 0 Å². The van der Waals surface area contributed by atoms with E-state index in [2.05, 4.69) is 67.6 Å². The first-order valence-electron chi connectivity index (χ1n) is 7.67. The lowest BCUT2D eigenvalue weighted by molar-refractivity contribution is 1.12. The lowest BCUT2D eigenvalue weighted by Gasteiger charge is -2.09. The second-order valence-electron chi connectivity index (χ2n) is 5.84. The van der Waals surface area contributed by atoms with Crippen molar-refractivity contribution in [1.29, 1.82) is 0 Å². The lowest BCUT2D eigenvalue weighted by atomic mass is 9.96. The first-order chi connectivity index (χ1) is 10.7. The highest BCUT2D eigenvalue weighted by Crippen LogP contribution is 2.18. The predicted octanol–water partition coefficient (Wildman–Crippen LogP) is 4.76. The number of hydrogen-bond donors (Lipinski definition) is 1. The summed E-state index contributed by atoms with van der Waals surface area (Å²) in [5.41, 5.74) is 13.3. The molecule has 0 aliphatic rings. The zero-order chi connectivity index (χ0) is 15.4. The van der Waals surface area contributed by atoms with Crippen LogP contribution in [0.5, 0.6) is 0 Å². The molecule has 0 fully saturated rings. The number of benzene rings is 3. The van der Waals surface area contributed by atoms with Crippen LogP contribution in [0.2, 0.25) is 0 Å². The molecule has 0 atom stereocenters. The second-order valence-corrected chi connectivity index (χ2v) is 5.84. The summed E-state index contributed by atoms with van der Waals surface area (Å²) in [7, 11) is 0. The predicted molar refractivity (Wildman–Crippen MR) is 94.1 cm³/mol. The summed E-state index contributed by atoms with van der Waals surface area (Å²) in [6.07, 6.45) is 1.95. The fourth-order valence-corrected chi connectivity index (χ4v) is 2.75. The molecule has 0 unspecified atom stereocenters. The maximum Gasteiger partial charge on any atom is 0.0314 e. The highest BCUT2D eigenvalue weighted by Gasteiger charge is 2.03. The van der Waals surface area contributed by atoms with Crippen molar-refractivity contribution in [3.8, 4) is 0 Å². The molecule has 0 saturated carbocycles. The number of aryl methyl sites for hydroxylation is 1. The van der Waals surface area contributed by atoms with Crippen molar-refractivity contribution in [3.63, 3.8) is 0 Å². The van der Waals surface area contributed by atoms with E-state index in [0.717, 1.165) is 18.5 Å². The molecule has 0 bridgehead atoms. The fraction of sp³-hybridized carbons (Fsp3) is 0.143. The van der Waals surface area contributed by atoms with Gasteiger partial charge in [0, 0.05) is 5.69 Å². The molecule has 3 aromatic rings. The topological polar surface area (TPSA) is 26.0 Å². The quantitative estimate of drug-likeness (QED) is 0.688. The van der Waals surface area contributed by atoms with E-state index < -0.39 is 0 Å². The smallest absolute Gasteiger partial charge is 0.0314 e. The molecule has 1 nitrogen and oxygen atoms in total. The summed E-state index contributed by atoms with van der Waals surface area (Å²) in [6, 6.07) is 25.5. The summed E-state index contributed by atoms with van der Waals surface area (Å²) in [4.78, 5) is 0. The van der Waals surface area contributed by atoms with Crippen LogP contribution in [0.4, 0.5) is 5.69 Å². The van der Waals surface area contributed by atoms with Gasteiger partial charge in [0.2, 0.25) is 0 Å². The van der Waals surface area contributed by atoms with Crippen LogP contribution in [-0.4, -0.2) is 0 Å². The second kappa shape index (κ2) is 6.48. The number of rotatable bonds is 4. The number of nitrogen functional groups attached to an aromatic ring is 1. The van der Waals surface area contributed by atoms with Gasteiger partial charge in [-0.25, -0.2) is 0 Å². The Balaban J connectivity index is 1.75. The molecule has 0 spiro atoms. The number of hydrogen-bond acceptors (Lipinski definition) is 1. The third kappa shape index (κ3) is 3.56. The van der Waals surface area contributed by atoms with Gasteiger partial charge >= 0.3 is 0 Å². The minimum atomic E-state index is 0.818. The van der Waals surface area contributed by atoms with Crippen molar-refractivity contribution in [2.75, 3.05) is 5.73 Å². The molecule has 0 aromatic heterocycles.